The molecule has 16 heavy (non-hydrogen) atoms. The molecule has 1 aromatic rings. The van der Waals surface area contributed by atoms with Crippen LogP contribution >= 0.6 is 0 Å². The standard InChI is InChI=1S/C11H12F4O/c1-7(16)2-3-8-4-5-9(6-10(8)12)11(13,14)15/h4-7,16H,2-3H2,1H3/t7-/m0/s1. The Morgan fingerprint density at radius 1 is 1.31 bits per heavy atom. The molecule has 0 aliphatic rings. The molecule has 1 atom stereocenters. The van der Waals surface area contributed by atoms with Crippen LogP contribution in [0.5, 0.6) is 0 Å². The lowest BCUT2D eigenvalue weighted by molar-refractivity contribution is -0.137. The fraction of sp³-hybridized carbons (Fsp3) is 0.455. The Kier molecular flexibility index (Phi) is 3.91. The average molecular weight is 236 g/mol. The van der Waals surface area contributed by atoms with E-state index < -0.39 is 23.7 Å². The monoisotopic (exact) mass is 236 g/mol. The van der Waals surface area contributed by atoms with E-state index in [1.165, 1.54) is 0 Å². The molecule has 90 valence electrons. The summed E-state index contributed by atoms with van der Waals surface area (Å²) in [6.45, 7) is 1.54. The first-order valence-electron chi connectivity index (χ1n) is 4.84. The highest BCUT2D eigenvalue weighted by atomic mass is 19.4. The number of aliphatic hydroxyl groups is 1. The summed E-state index contributed by atoms with van der Waals surface area (Å²) >= 11 is 0. The number of aryl methyl sites for hydroxylation is 1. The number of hydrogen-bond donors (Lipinski definition) is 1. The fourth-order valence-corrected chi connectivity index (χ4v) is 1.29. The Labute approximate surface area is 90.7 Å². The SMILES string of the molecule is C[C@H](O)CCc1ccc(C(F)(F)F)cc1F. The van der Waals surface area contributed by atoms with Crippen LogP contribution in [-0.4, -0.2) is 11.2 Å². The van der Waals surface area contributed by atoms with Gasteiger partial charge in [0.1, 0.15) is 5.82 Å². The molecule has 0 radical (unpaired) electrons. The van der Waals surface area contributed by atoms with Crippen molar-refractivity contribution in [2.24, 2.45) is 0 Å². The highest BCUT2D eigenvalue weighted by Crippen LogP contribution is 2.30. The van der Waals surface area contributed by atoms with Crippen molar-refractivity contribution in [3.8, 4) is 0 Å². The van der Waals surface area contributed by atoms with Gasteiger partial charge in [-0.05, 0) is 37.5 Å². The van der Waals surface area contributed by atoms with Crippen molar-refractivity contribution < 1.29 is 22.7 Å². The van der Waals surface area contributed by atoms with Gasteiger partial charge < -0.3 is 5.11 Å². The highest BCUT2D eigenvalue weighted by Gasteiger charge is 2.31. The second-order valence-electron chi connectivity index (χ2n) is 3.69. The lowest BCUT2D eigenvalue weighted by Gasteiger charge is -2.09. The smallest absolute Gasteiger partial charge is 0.393 e. The molecule has 0 aromatic heterocycles. The van der Waals surface area contributed by atoms with E-state index in [4.69, 9.17) is 5.11 Å². The molecule has 0 aliphatic carbocycles. The first kappa shape index (κ1) is 13.0. The van der Waals surface area contributed by atoms with Gasteiger partial charge in [0.15, 0.2) is 0 Å². The van der Waals surface area contributed by atoms with Crippen molar-refractivity contribution in [1.82, 2.24) is 0 Å². The molecule has 0 saturated heterocycles. The van der Waals surface area contributed by atoms with Crippen molar-refractivity contribution in [3.05, 3.63) is 35.1 Å². The molecule has 0 bridgehead atoms. The lowest BCUT2D eigenvalue weighted by Crippen LogP contribution is -2.07. The third-order valence-electron chi connectivity index (χ3n) is 2.21. The van der Waals surface area contributed by atoms with Crippen molar-refractivity contribution in [1.29, 1.82) is 0 Å². The first-order chi connectivity index (χ1) is 7.30. The summed E-state index contributed by atoms with van der Waals surface area (Å²) in [5, 5.41) is 8.99. The van der Waals surface area contributed by atoms with Crippen LogP contribution in [0.1, 0.15) is 24.5 Å². The number of benzene rings is 1. The van der Waals surface area contributed by atoms with Gasteiger partial charge in [0.25, 0.3) is 0 Å². The quantitative estimate of drug-likeness (QED) is 0.799. The molecule has 1 N–H and O–H groups in total. The zero-order valence-electron chi connectivity index (χ0n) is 8.68. The summed E-state index contributed by atoms with van der Waals surface area (Å²) in [6, 6.07) is 2.44. The summed E-state index contributed by atoms with van der Waals surface area (Å²) in [5.41, 5.74) is -0.806. The van der Waals surface area contributed by atoms with Crippen LogP contribution in [0.2, 0.25) is 0 Å². The summed E-state index contributed by atoms with van der Waals surface area (Å²) in [4.78, 5) is 0. The molecule has 0 amide bonds. The molecule has 1 rings (SSSR count). The molecule has 1 aromatic carbocycles. The minimum absolute atomic E-state index is 0.189. The Morgan fingerprint density at radius 2 is 1.94 bits per heavy atom. The van der Waals surface area contributed by atoms with Crippen LogP contribution in [-0.2, 0) is 12.6 Å². The third-order valence-corrected chi connectivity index (χ3v) is 2.21. The van der Waals surface area contributed by atoms with Gasteiger partial charge in [-0.2, -0.15) is 13.2 Å². The molecule has 0 spiro atoms. The van der Waals surface area contributed by atoms with E-state index in [1.54, 1.807) is 6.92 Å². The van der Waals surface area contributed by atoms with Crippen LogP contribution in [0.15, 0.2) is 18.2 Å². The Morgan fingerprint density at radius 3 is 2.38 bits per heavy atom. The average Bonchev–Trinajstić information content (AvgIpc) is 2.14. The van der Waals surface area contributed by atoms with Crippen LogP contribution in [0.4, 0.5) is 17.6 Å². The van der Waals surface area contributed by atoms with E-state index in [0.717, 1.165) is 12.1 Å². The lowest BCUT2D eigenvalue weighted by atomic mass is 10.0. The summed E-state index contributed by atoms with van der Waals surface area (Å²) in [5.74, 6) is -0.879. The van der Waals surface area contributed by atoms with E-state index in [0.29, 0.717) is 12.5 Å². The minimum Gasteiger partial charge on any atom is -0.393 e. The zero-order valence-corrected chi connectivity index (χ0v) is 8.68. The number of alkyl halides is 3. The van der Waals surface area contributed by atoms with Gasteiger partial charge in [0.05, 0.1) is 11.7 Å². The molecular formula is C11H12F4O. The van der Waals surface area contributed by atoms with E-state index in [9.17, 15) is 17.6 Å². The van der Waals surface area contributed by atoms with Crippen LogP contribution < -0.4 is 0 Å². The van der Waals surface area contributed by atoms with Crippen molar-refractivity contribution in [2.75, 3.05) is 0 Å². The highest BCUT2D eigenvalue weighted by molar-refractivity contribution is 5.26. The molecule has 0 fully saturated rings. The van der Waals surface area contributed by atoms with Crippen molar-refractivity contribution in [3.63, 3.8) is 0 Å². The molecule has 1 nitrogen and oxygen atoms in total. The second-order valence-corrected chi connectivity index (χ2v) is 3.69. The molecule has 0 heterocycles. The van der Waals surface area contributed by atoms with Crippen LogP contribution in [0.3, 0.4) is 0 Å². The Hall–Kier alpha value is -1.10. The van der Waals surface area contributed by atoms with E-state index in [1.807, 2.05) is 0 Å². The van der Waals surface area contributed by atoms with Crippen LogP contribution in [0.25, 0.3) is 0 Å². The third kappa shape index (κ3) is 3.48. The topological polar surface area (TPSA) is 20.2 Å². The van der Waals surface area contributed by atoms with Gasteiger partial charge in [-0.3, -0.25) is 0 Å². The molecule has 5 heteroatoms. The predicted molar refractivity (Wildman–Crippen MR) is 51.4 cm³/mol. The van der Waals surface area contributed by atoms with Gasteiger partial charge in [-0.25, -0.2) is 4.39 Å². The fourth-order valence-electron chi connectivity index (χ4n) is 1.29. The molecule has 0 unspecified atom stereocenters. The largest absolute Gasteiger partial charge is 0.416 e. The molecule has 0 aliphatic heterocycles. The van der Waals surface area contributed by atoms with Gasteiger partial charge in [-0.15, -0.1) is 0 Å². The van der Waals surface area contributed by atoms with Crippen molar-refractivity contribution >= 4 is 0 Å². The maximum atomic E-state index is 13.2. The molecule has 0 saturated carbocycles. The molecular weight excluding hydrogens is 224 g/mol. The number of aliphatic hydroxyl groups excluding tert-OH is 1. The minimum atomic E-state index is -4.52. The van der Waals surface area contributed by atoms with Crippen LogP contribution in [0, 0.1) is 5.82 Å². The number of hydrogen-bond acceptors (Lipinski definition) is 1. The summed E-state index contributed by atoms with van der Waals surface area (Å²) in [6.07, 6.45) is -4.57. The summed E-state index contributed by atoms with van der Waals surface area (Å²) in [7, 11) is 0. The Bertz CT molecular complexity index is 357. The number of rotatable bonds is 3. The van der Waals surface area contributed by atoms with Crippen molar-refractivity contribution in [2.45, 2.75) is 32.0 Å². The maximum Gasteiger partial charge on any atom is 0.416 e. The first-order valence-corrected chi connectivity index (χ1v) is 4.84. The normalized spacial score (nSPS) is 13.9. The predicted octanol–water partition coefficient (Wildman–Crippen LogP) is 3.16. The maximum absolute atomic E-state index is 13.2. The van der Waals surface area contributed by atoms with E-state index in [-0.39, 0.29) is 12.0 Å². The van der Waals surface area contributed by atoms with E-state index in [2.05, 4.69) is 0 Å². The van der Waals surface area contributed by atoms with E-state index >= 15 is 0 Å². The second kappa shape index (κ2) is 4.82. The zero-order chi connectivity index (χ0) is 12.3. The van der Waals surface area contributed by atoms with Gasteiger partial charge in [0, 0.05) is 0 Å². The Balaban J connectivity index is 2.84. The van der Waals surface area contributed by atoms with Gasteiger partial charge in [-0.1, -0.05) is 6.07 Å². The number of halogens is 4. The van der Waals surface area contributed by atoms with Gasteiger partial charge >= 0.3 is 6.18 Å². The summed E-state index contributed by atoms with van der Waals surface area (Å²) < 4.78 is 49.9. The van der Waals surface area contributed by atoms with Gasteiger partial charge in [0.2, 0.25) is 0 Å².